The molecule has 2 rings (SSSR count). The molecule has 0 saturated heterocycles. The fourth-order valence-corrected chi connectivity index (χ4v) is 4.04. The van der Waals surface area contributed by atoms with E-state index in [1.165, 1.54) is 25.7 Å². The van der Waals surface area contributed by atoms with Gasteiger partial charge in [0.1, 0.15) is 0 Å². The first-order valence-corrected chi connectivity index (χ1v) is 10.2. The van der Waals surface area contributed by atoms with Gasteiger partial charge in [0.05, 0.1) is 0 Å². The summed E-state index contributed by atoms with van der Waals surface area (Å²) < 4.78 is 0. The summed E-state index contributed by atoms with van der Waals surface area (Å²) in [7, 11) is 0. The second-order valence-electron chi connectivity index (χ2n) is 6.94. The summed E-state index contributed by atoms with van der Waals surface area (Å²) in [6.07, 6.45) is 7.93. The third kappa shape index (κ3) is 6.81. The largest absolute Gasteiger partial charge is 0.356 e. The molecule has 144 valence electrons. The van der Waals surface area contributed by atoms with Crippen molar-refractivity contribution in [3.63, 3.8) is 0 Å². The van der Waals surface area contributed by atoms with Crippen LogP contribution in [0.25, 0.3) is 0 Å². The average Bonchev–Trinajstić information content (AvgIpc) is 2.86. The van der Waals surface area contributed by atoms with Gasteiger partial charge in [-0.3, -0.25) is 9.59 Å². The molecule has 1 saturated carbocycles. The van der Waals surface area contributed by atoms with E-state index in [9.17, 15) is 9.59 Å². The van der Waals surface area contributed by atoms with Crippen LogP contribution in [-0.4, -0.2) is 35.8 Å². The van der Waals surface area contributed by atoms with E-state index < -0.39 is 0 Å². The number of halogens is 2. The molecule has 6 heteroatoms. The lowest BCUT2D eigenvalue weighted by Crippen LogP contribution is -2.41. The monoisotopic (exact) mass is 398 g/mol. The number of amides is 2. The molecule has 0 heterocycles. The zero-order chi connectivity index (χ0) is 18.9. The highest BCUT2D eigenvalue weighted by Gasteiger charge is 2.22. The average molecular weight is 399 g/mol. The van der Waals surface area contributed by atoms with Crippen molar-refractivity contribution in [2.45, 2.75) is 64.3 Å². The summed E-state index contributed by atoms with van der Waals surface area (Å²) in [4.78, 5) is 26.0. The normalized spacial score (nSPS) is 15.3. The Morgan fingerprint density at radius 2 is 1.85 bits per heavy atom. The van der Waals surface area contributed by atoms with Crippen molar-refractivity contribution in [2.24, 2.45) is 0 Å². The number of hydrogen-bond acceptors (Lipinski definition) is 2. The summed E-state index contributed by atoms with van der Waals surface area (Å²) in [6, 6.07) is 5.66. The lowest BCUT2D eigenvalue weighted by Gasteiger charge is -2.30. The second kappa shape index (κ2) is 10.8. The van der Waals surface area contributed by atoms with Gasteiger partial charge in [-0.15, -0.1) is 0 Å². The summed E-state index contributed by atoms with van der Waals surface area (Å²) >= 11 is 12.0. The third-order valence-corrected chi connectivity index (χ3v) is 5.57. The van der Waals surface area contributed by atoms with E-state index in [2.05, 4.69) is 5.32 Å². The van der Waals surface area contributed by atoms with Gasteiger partial charge in [-0.25, -0.2) is 0 Å². The van der Waals surface area contributed by atoms with Gasteiger partial charge in [0.2, 0.25) is 11.8 Å². The highest BCUT2D eigenvalue weighted by molar-refractivity contribution is 6.35. The number of carbonyl (C=O) groups is 2. The van der Waals surface area contributed by atoms with Crippen LogP contribution in [-0.2, 0) is 16.0 Å². The maximum atomic E-state index is 12.1. The quantitative estimate of drug-likeness (QED) is 0.681. The highest BCUT2D eigenvalue weighted by atomic mass is 35.5. The Bertz CT molecular complexity index is 614. The minimum Gasteiger partial charge on any atom is -0.356 e. The molecular formula is C20H28Cl2N2O2. The lowest BCUT2D eigenvalue weighted by atomic mass is 10.1. The number of benzene rings is 1. The summed E-state index contributed by atoms with van der Waals surface area (Å²) in [5.41, 5.74) is 0.959. The molecule has 0 unspecified atom stereocenters. The van der Waals surface area contributed by atoms with Gasteiger partial charge in [-0.1, -0.05) is 55.0 Å². The van der Waals surface area contributed by atoms with Crippen LogP contribution in [0.15, 0.2) is 18.2 Å². The first kappa shape index (κ1) is 21.0. The van der Waals surface area contributed by atoms with Crippen LogP contribution in [0.1, 0.15) is 57.4 Å². The minimum absolute atomic E-state index is 0.0324. The maximum Gasteiger partial charge on any atom is 0.221 e. The first-order chi connectivity index (χ1) is 12.5. The molecule has 1 N–H and O–H groups in total. The van der Waals surface area contributed by atoms with Crippen LogP contribution < -0.4 is 5.32 Å². The molecule has 2 amide bonds. The smallest absolute Gasteiger partial charge is 0.221 e. The minimum atomic E-state index is -0.0324. The van der Waals surface area contributed by atoms with Crippen molar-refractivity contribution in [3.8, 4) is 0 Å². The predicted octanol–water partition coefficient (Wildman–Crippen LogP) is 4.61. The molecule has 1 aliphatic carbocycles. The van der Waals surface area contributed by atoms with Crippen LogP contribution in [0.3, 0.4) is 0 Å². The van der Waals surface area contributed by atoms with Gasteiger partial charge < -0.3 is 10.2 Å². The van der Waals surface area contributed by atoms with Crippen LogP contribution in [0.2, 0.25) is 10.0 Å². The van der Waals surface area contributed by atoms with Gasteiger partial charge >= 0.3 is 0 Å². The molecular weight excluding hydrogens is 371 g/mol. The molecule has 0 bridgehead atoms. The van der Waals surface area contributed by atoms with Crippen molar-refractivity contribution in [1.29, 1.82) is 0 Å². The fraction of sp³-hybridized carbons (Fsp3) is 0.600. The fourth-order valence-electron chi connectivity index (χ4n) is 3.54. The van der Waals surface area contributed by atoms with Crippen molar-refractivity contribution in [1.82, 2.24) is 10.2 Å². The van der Waals surface area contributed by atoms with Gasteiger partial charge in [0.15, 0.2) is 0 Å². The first-order valence-electron chi connectivity index (χ1n) is 9.45. The van der Waals surface area contributed by atoms with Crippen molar-refractivity contribution < 1.29 is 9.59 Å². The molecule has 0 spiro atoms. The number of hydrogen-bond donors (Lipinski definition) is 1. The Morgan fingerprint density at radius 3 is 2.46 bits per heavy atom. The zero-order valence-corrected chi connectivity index (χ0v) is 16.9. The summed E-state index contributed by atoms with van der Waals surface area (Å²) in [5, 5.41) is 4.13. The second-order valence-corrected chi connectivity index (χ2v) is 7.79. The van der Waals surface area contributed by atoms with Crippen molar-refractivity contribution in [3.05, 3.63) is 33.8 Å². The van der Waals surface area contributed by atoms with Gasteiger partial charge in [0.25, 0.3) is 0 Å². The van der Waals surface area contributed by atoms with Crippen LogP contribution in [0.5, 0.6) is 0 Å². The Balaban J connectivity index is 1.76. The van der Waals surface area contributed by atoms with Crippen LogP contribution >= 0.6 is 23.2 Å². The Hall–Kier alpha value is -1.26. The number of rotatable bonds is 7. The molecule has 0 radical (unpaired) electrons. The van der Waals surface area contributed by atoms with E-state index in [1.807, 2.05) is 11.0 Å². The zero-order valence-electron chi connectivity index (χ0n) is 15.4. The SMILES string of the molecule is CC(=O)N(CCC(=O)NCCc1ccc(Cl)cc1Cl)C1CCCCCC1. The molecule has 0 aliphatic heterocycles. The van der Waals surface area contributed by atoms with Gasteiger partial charge in [0, 0.05) is 42.5 Å². The Morgan fingerprint density at radius 1 is 1.15 bits per heavy atom. The Labute approximate surface area is 166 Å². The number of carbonyl (C=O) groups excluding carboxylic acids is 2. The summed E-state index contributed by atoms with van der Waals surface area (Å²) in [5.74, 6) is 0.0348. The molecule has 1 fully saturated rings. The van der Waals surface area contributed by atoms with Crippen LogP contribution in [0, 0.1) is 0 Å². The molecule has 26 heavy (non-hydrogen) atoms. The Kier molecular flexibility index (Phi) is 8.73. The van der Waals surface area contributed by atoms with Gasteiger partial charge in [-0.2, -0.15) is 0 Å². The number of nitrogens with zero attached hydrogens (tertiary/aromatic N) is 1. The molecule has 0 aromatic heterocycles. The third-order valence-electron chi connectivity index (χ3n) is 4.98. The van der Waals surface area contributed by atoms with Crippen molar-refractivity contribution >= 4 is 35.0 Å². The summed E-state index contributed by atoms with van der Waals surface area (Å²) in [6.45, 7) is 2.61. The van der Waals surface area contributed by atoms with E-state index in [0.29, 0.717) is 36.0 Å². The highest BCUT2D eigenvalue weighted by Crippen LogP contribution is 2.23. The van der Waals surface area contributed by atoms with Gasteiger partial charge in [-0.05, 0) is 37.0 Å². The molecule has 4 nitrogen and oxygen atoms in total. The standard InChI is InChI=1S/C20H28Cl2N2O2/c1-15(25)24(18-6-4-2-3-5-7-18)13-11-20(26)23-12-10-16-8-9-17(21)14-19(16)22/h8-9,14,18H,2-7,10-13H2,1H3,(H,23,26). The van der Waals surface area contributed by atoms with E-state index in [0.717, 1.165) is 18.4 Å². The predicted molar refractivity (Wildman–Crippen MR) is 107 cm³/mol. The molecule has 0 atom stereocenters. The van der Waals surface area contributed by atoms with E-state index in [1.54, 1.807) is 19.1 Å². The molecule has 1 aromatic rings. The molecule has 1 aliphatic rings. The lowest BCUT2D eigenvalue weighted by molar-refractivity contribution is -0.132. The van der Waals surface area contributed by atoms with Crippen LogP contribution in [0.4, 0.5) is 0 Å². The topological polar surface area (TPSA) is 49.4 Å². The number of nitrogens with one attached hydrogen (secondary N) is 1. The van der Waals surface area contributed by atoms with Crippen molar-refractivity contribution in [2.75, 3.05) is 13.1 Å². The molecule has 1 aromatic carbocycles. The van der Waals surface area contributed by atoms with E-state index >= 15 is 0 Å². The van der Waals surface area contributed by atoms with E-state index in [-0.39, 0.29) is 17.9 Å². The maximum absolute atomic E-state index is 12.1. The van der Waals surface area contributed by atoms with E-state index in [4.69, 9.17) is 23.2 Å².